The Balaban J connectivity index is 1.82. The van der Waals surface area contributed by atoms with Gasteiger partial charge in [-0.15, -0.1) is 0 Å². The second-order valence-electron chi connectivity index (χ2n) is 4.32. The molecular formula is C10H15N3. The van der Waals surface area contributed by atoms with Gasteiger partial charge in [-0.25, -0.2) is 0 Å². The molecule has 2 rings (SSSR count). The van der Waals surface area contributed by atoms with Crippen molar-refractivity contribution in [2.75, 3.05) is 0 Å². The van der Waals surface area contributed by atoms with Gasteiger partial charge < -0.3 is 5.32 Å². The monoisotopic (exact) mass is 177 g/mol. The van der Waals surface area contributed by atoms with Crippen LogP contribution < -0.4 is 5.32 Å². The molecule has 0 spiro atoms. The van der Waals surface area contributed by atoms with E-state index in [1.165, 1.54) is 6.42 Å². The smallest absolute Gasteiger partial charge is 0.0724 e. The van der Waals surface area contributed by atoms with E-state index in [9.17, 15) is 0 Å². The summed E-state index contributed by atoms with van der Waals surface area (Å²) >= 11 is 0. The van der Waals surface area contributed by atoms with Crippen molar-refractivity contribution < 1.29 is 0 Å². The van der Waals surface area contributed by atoms with Crippen LogP contribution in [-0.2, 0) is 6.54 Å². The zero-order valence-electron chi connectivity index (χ0n) is 8.12. The predicted molar refractivity (Wildman–Crippen MR) is 51.1 cm³/mol. The second kappa shape index (κ2) is 3.07. The van der Waals surface area contributed by atoms with E-state index in [1.807, 2.05) is 6.20 Å². The van der Waals surface area contributed by atoms with Gasteiger partial charge in [-0.2, -0.15) is 0 Å². The predicted octanol–water partition coefficient (Wildman–Crippen LogP) is 1.36. The molecule has 1 atom stereocenters. The first-order valence-electron chi connectivity index (χ1n) is 4.67. The van der Waals surface area contributed by atoms with Crippen LogP contribution in [0.5, 0.6) is 0 Å². The SMILES string of the molecule is CC1(C)CC1NCc1cnccn1. The third-order valence-electron chi connectivity index (χ3n) is 2.66. The molecule has 1 fully saturated rings. The molecule has 13 heavy (non-hydrogen) atoms. The van der Waals surface area contributed by atoms with Crippen LogP contribution in [0.3, 0.4) is 0 Å². The minimum Gasteiger partial charge on any atom is -0.308 e. The molecule has 0 aliphatic heterocycles. The lowest BCUT2D eigenvalue weighted by Gasteiger charge is -2.04. The van der Waals surface area contributed by atoms with Crippen LogP contribution in [0.4, 0.5) is 0 Å². The van der Waals surface area contributed by atoms with E-state index in [1.54, 1.807) is 12.4 Å². The second-order valence-corrected chi connectivity index (χ2v) is 4.32. The van der Waals surface area contributed by atoms with Gasteiger partial charge in [-0.05, 0) is 11.8 Å². The Hall–Kier alpha value is -0.960. The van der Waals surface area contributed by atoms with Crippen LogP contribution in [0.15, 0.2) is 18.6 Å². The Morgan fingerprint density at radius 3 is 2.85 bits per heavy atom. The van der Waals surface area contributed by atoms with Crippen molar-refractivity contribution in [1.82, 2.24) is 15.3 Å². The van der Waals surface area contributed by atoms with Gasteiger partial charge in [0.2, 0.25) is 0 Å². The highest BCUT2D eigenvalue weighted by molar-refractivity contribution is 5.03. The summed E-state index contributed by atoms with van der Waals surface area (Å²) in [6.07, 6.45) is 6.51. The average molecular weight is 177 g/mol. The first kappa shape index (κ1) is 8.63. The summed E-state index contributed by atoms with van der Waals surface area (Å²) in [7, 11) is 0. The Kier molecular flexibility index (Phi) is 2.04. The van der Waals surface area contributed by atoms with E-state index in [0.29, 0.717) is 11.5 Å². The number of aromatic nitrogens is 2. The summed E-state index contributed by atoms with van der Waals surface area (Å²) < 4.78 is 0. The Morgan fingerprint density at radius 2 is 2.31 bits per heavy atom. The van der Waals surface area contributed by atoms with Crippen molar-refractivity contribution in [1.29, 1.82) is 0 Å². The van der Waals surface area contributed by atoms with E-state index >= 15 is 0 Å². The molecule has 1 heterocycles. The molecule has 0 amide bonds. The van der Waals surface area contributed by atoms with Gasteiger partial charge in [0.25, 0.3) is 0 Å². The fraction of sp³-hybridized carbons (Fsp3) is 0.600. The van der Waals surface area contributed by atoms with Gasteiger partial charge in [0, 0.05) is 31.2 Å². The van der Waals surface area contributed by atoms with E-state index < -0.39 is 0 Å². The van der Waals surface area contributed by atoms with Crippen molar-refractivity contribution >= 4 is 0 Å². The lowest BCUT2D eigenvalue weighted by molar-refractivity contribution is 0.538. The van der Waals surface area contributed by atoms with Crippen molar-refractivity contribution in [3.8, 4) is 0 Å². The fourth-order valence-electron chi connectivity index (χ4n) is 1.46. The molecule has 1 unspecified atom stereocenters. The largest absolute Gasteiger partial charge is 0.308 e. The molecule has 0 aromatic carbocycles. The van der Waals surface area contributed by atoms with E-state index in [0.717, 1.165) is 12.2 Å². The summed E-state index contributed by atoms with van der Waals surface area (Å²) in [5.74, 6) is 0. The van der Waals surface area contributed by atoms with Crippen LogP contribution in [0, 0.1) is 5.41 Å². The molecule has 1 aliphatic rings. The third kappa shape index (κ3) is 2.04. The molecule has 0 radical (unpaired) electrons. The normalized spacial score (nSPS) is 24.3. The maximum absolute atomic E-state index is 4.20. The van der Waals surface area contributed by atoms with Gasteiger partial charge in [0.05, 0.1) is 5.69 Å². The lowest BCUT2D eigenvalue weighted by atomic mass is 10.2. The highest BCUT2D eigenvalue weighted by Gasteiger charge is 2.44. The van der Waals surface area contributed by atoms with Gasteiger partial charge >= 0.3 is 0 Å². The van der Waals surface area contributed by atoms with Crippen LogP contribution >= 0.6 is 0 Å². The highest BCUT2D eigenvalue weighted by atomic mass is 15.0. The molecule has 0 bridgehead atoms. The molecule has 70 valence electrons. The number of rotatable bonds is 3. The van der Waals surface area contributed by atoms with E-state index in [-0.39, 0.29) is 0 Å². The molecule has 3 nitrogen and oxygen atoms in total. The van der Waals surface area contributed by atoms with E-state index in [2.05, 4.69) is 29.1 Å². The summed E-state index contributed by atoms with van der Waals surface area (Å²) in [6.45, 7) is 5.39. The van der Waals surface area contributed by atoms with Gasteiger partial charge in [-0.3, -0.25) is 9.97 Å². The summed E-state index contributed by atoms with van der Waals surface area (Å²) in [4.78, 5) is 8.22. The number of hydrogen-bond acceptors (Lipinski definition) is 3. The zero-order valence-corrected chi connectivity index (χ0v) is 8.12. The molecule has 3 heteroatoms. The lowest BCUT2D eigenvalue weighted by Crippen LogP contribution is -2.20. The average Bonchev–Trinajstić information content (AvgIpc) is 2.73. The maximum atomic E-state index is 4.20. The Morgan fingerprint density at radius 1 is 1.54 bits per heavy atom. The molecule has 1 N–H and O–H groups in total. The molecular weight excluding hydrogens is 162 g/mol. The van der Waals surface area contributed by atoms with Gasteiger partial charge in [0.1, 0.15) is 0 Å². The summed E-state index contributed by atoms with van der Waals surface area (Å²) in [5, 5.41) is 3.46. The van der Waals surface area contributed by atoms with Crippen molar-refractivity contribution in [2.24, 2.45) is 5.41 Å². The third-order valence-corrected chi connectivity index (χ3v) is 2.66. The molecule has 0 saturated heterocycles. The van der Waals surface area contributed by atoms with E-state index in [4.69, 9.17) is 0 Å². The highest BCUT2D eigenvalue weighted by Crippen LogP contribution is 2.44. The topological polar surface area (TPSA) is 37.8 Å². The zero-order chi connectivity index (χ0) is 9.31. The summed E-state index contributed by atoms with van der Waals surface area (Å²) in [5.41, 5.74) is 1.51. The van der Waals surface area contributed by atoms with Gasteiger partial charge in [0.15, 0.2) is 0 Å². The molecule has 1 aromatic rings. The van der Waals surface area contributed by atoms with Crippen LogP contribution in [0.25, 0.3) is 0 Å². The maximum Gasteiger partial charge on any atom is 0.0724 e. The van der Waals surface area contributed by atoms with Crippen LogP contribution in [0.1, 0.15) is 26.0 Å². The fourth-order valence-corrected chi connectivity index (χ4v) is 1.46. The number of nitrogens with one attached hydrogen (secondary N) is 1. The van der Waals surface area contributed by atoms with Crippen molar-refractivity contribution in [2.45, 2.75) is 32.9 Å². The first-order chi connectivity index (χ1) is 6.18. The molecule has 1 saturated carbocycles. The quantitative estimate of drug-likeness (QED) is 0.757. The Bertz CT molecular complexity index is 281. The van der Waals surface area contributed by atoms with Crippen LogP contribution in [-0.4, -0.2) is 16.0 Å². The minimum atomic E-state index is 0.488. The first-order valence-corrected chi connectivity index (χ1v) is 4.67. The van der Waals surface area contributed by atoms with Crippen molar-refractivity contribution in [3.05, 3.63) is 24.3 Å². The number of hydrogen-bond donors (Lipinski definition) is 1. The molecule has 1 aliphatic carbocycles. The number of nitrogens with zero attached hydrogens (tertiary/aromatic N) is 2. The minimum absolute atomic E-state index is 0.488. The Labute approximate surface area is 78.6 Å². The summed E-state index contributed by atoms with van der Waals surface area (Å²) in [6, 6.07) is 0.662. The standard InChI is InChI=1S/C10H15N3/c1-10(2)5-9(10)13-7-8-6-11-3-4-12-8/h3-4,6,9,13H,5,7H2,1-2H3. The van der Waals surface area contributed by atoms with Gasteiger partial charge in [-0.1, -0.05) is 13.8 Å². The van der Waals surface area contributed by atoms with Crippen LogP contribution in [0.2, 0.25) is 0 Å². The van der Waals surface area contributed by atoms with Crippen molar-refractivity contribution in [3.63, 3.8) is 0 Å². The molecule has 1 aromatic heterocycles.